The minimum atomic E-state index is 0.143. The van der Waals surface area contributed by atoms with Crippen LogP contribution in [0.5, 0.6) is 5.75 Å². The van der Waals surface area contributed by atoms with Crippen molar-refractivity contribution >= 4 is 11.6 Å². The Balaban J connectivity index is 1.83. The second-order valence-electron chi connectivity index (χ2n) is 6.02. The molecule has 2 rings (SSSR count). The van der Waals surface area contributed by atoms with E-state index in [2.05, 4.69) is 35.0 Å². The maximum absolute atomic E-state index is 12.1. The van der Waals surface area contributed by atoms with Gasteiger partial charge in [-0.2, -0.15) is 0 Å². The highest BCUT2D eigenvalue weighted by Gasteiger charge is 2.21. The Labute approximate surface area is 139 Å². The van der Waals surface area contributed by atoms with Crippen molar-refractivity contribution in [1.29, 1.82) is 0 Å². The molecule has 1 saturated heterocycles. The van der Waals surface area contributed by atoms with Gasteiger partial charge >= 0.3 is 0 Å². The van der Waals surface area contributed by atoms with Crippen molar-refractivity contribution in [2.45, 2.75) is 32.7 Å². The summed E-state index contributed by atoms with van der Waals surface area (Å²) in [4.78, 5) is 16.7. The average Bonchev–Trinajstić information content (AvgIpc) is 2.60. The Morgan fingerprint density at radius 3 is 2.43 bits per heavy atom. The molecule has 128 valence electrons. The molecule has 1 amide bonds. The molecule has 0 radical (unpaired) electrons. The molecule has 0 aromatic heterocycles. The van der Waals surface area contributed by atoms with E-state index < -0.39 is 0 Å². The van der Waals surface area contributed by atoms with Crippen molar-refractivity contribution in [3.05, 3.63) is 24.3 Å². The summed E-state index contributed by atoms with van der Waals surface area (Å²) >= 11 is 0. The number of rotatable bonds is 7. The Bertz CT molecular complexity index is 495. The summed E-state index contributed by atoms with van der Waals surface area (Å²) in [5, 5.41) is 3.11. The SMILES string of the molecule is CCC(CC)NC(=O)CN1CCN(c2ccccc2OC)CC1. The lowest BCUT2D eigenvalue weighted by Crippen LogP contribution is -2.50. The third kappa shape index (κ3) is 4.86. The molecule has 1 heterocycles. The highest BCUT2D eigenvalue weighted by atomic mass is 16.5. The number of methoxy groups -OCH3 is 1. The molecule has 0 aliphatic carbocycles. The number of hydrogen-bond donors (Lipinski definition) is 1. The lowest BCUT2D eigenvalue weighted by molar-refractivity contribution is -0.123. The Morgan fingerprint density at radius 1 is 1.17 bits per heavy atom. The summed E-state index contributed by atoms with van der Waals surface area (Å²) in [7, 11) is 1.71. The molecule has 0 spiro atoms. The second kappa shape index (κ2) is 8.77. The molecule has 0 bridgehead atoms. The smallest absolute Gasteiger partial charge is 0.234 e. The summed E-state index contributed by atoms with van der Waals surface area (Å²) in [6, 6.07) is 8.41. The molecule has 0 saturated carbocycles. The molecule has 1 aromatic rings. The molecule has 23 heavy (non-hydrogen) atoms. The number of hydrogen-bond acceptors (Lipinski definition) is 4. The van der Waals surface area contributed by atoms with E-state index in [0.29, 0.717) is 12.6 Å². The first-order valence-electron chi connectivity index (χ1n) is 8.57. The summed E-state index contributed by atoms with van der Waals surface area (Å²) in [5.41, 5.74) is 1.14. The molecule has 1 aliphatic rings. The number of nitrogens with one attached hydrogen (secondary N) is 1. The molecular formula is C18H29N3O2. The summed E-state index contributed by atoms with van der Waals surface area (Å²) in [6.45, 7) is 8.34. The van der Waals surface area contributed by atoms with E-state index in [0.717, 1.165) is 50.5 Å². The maximum atomic E-state index is 12.1. The van der Waals surface area contributed by atoms with Gasteiger partial charge in [0.1, 0.15) is 5.75 Å². The molecule has 1 aliphatic heterocycles. The van der Waals surface area contributed by atoms with Crippen LogP contribution in [-0.2, 0) is 4.79 Å². The zero-order valence-electron chi connectivity index (χ0n) is 14.5. The third-order valence-electron chi connectivity index (χ3n) is 4.52. The number of nitrogens with zero attached hydrogens (tertiary/aromatic N) is 2. The van der Waals surface area contributed by atoms with Gasteiger partial charge in [-0.15, -0.1) is 0 Å². The van der Waals surface area contributed by atoms with Crippen LogP contribution in [0.1, 0.15) is 26.7 Å². The van der Waals surface area contributed by atoms with E-state index in [1.807, 2.05) is 18.2 Å². The summed E-state index contributed by atoms with van der Waals surface area (Å²) < 4.78 is 5.44. The van der Waals surface area contributed by atoms with Crippen LogP contribution in [0.4, 0.5) is 5.69 Å². The summed E-state index contributed by atoms with van der Waals surface area (Å²) in [6.07, 6.45) is 1.98. The van der Waals surface area contributed by atoms with E-state index >= 15 is 0 Å². The first-order chi connectivity index (χ1) is 11.2. The van der Waals surface area contributed by atoms with Crippen molar-refractivity contribution in [2.75, 3.05) is 44.7 Å². The number of carbonyl (C=O) groups excluding carboxylic acids is 1. The number of anilines is 1. The number of carbonyl (C=O) groups is 1. The highest BCUT2D eigenvalue weighted by Crippen LogP contribution is 2.28. The topological polar surface area (TPSA) is 44.8 Å². The van der Waals surface area contributed by atoms with Gasteiger partial charge in [0.15, 0.2) is 0 Å². The molecule has 0 unspecified atom stereocenters. The number of amides is 1. The molecule has 0 atom stereocenters. The number of para-hydroxylation sites is 2. The van der Waals surface area contributed by atoms with Crippen molar-refractivity contribution in [2.24, 2.45) is 0 Å². The highest BCUT2D eigenvalue weighted by molar-refractivity contribution is 5.78. The maximum Gasteiger partial charge on any atom is 0.234 e. The number of piperazine rings is 1. The van der Waals surface area contributed by atoms with Gasteiger partial charge in [-0.1, -0.05) is 26.0 Å². The van der Waals surface area contributed by atoms with Crippen molar-refractivity contribution in [3.8, 4) is 5.75 Å². The summed E-state index contributed by atoms with van der Waals surface area (Å²) in [5.74, 6) is 1.05. The van der Waals surface area contributed by atoms with Gasteiger partial charge < -0.3 is 15.0 Å². The second-order valence-corrected chi connectivity index (χ2v) is 6.02. The predicted octanol–water partition coefficient (Wildman–Crippen LogP) is 2.12. The quantitative estimate of drug-likeness (QED) is 0.836. The normalized spacial score (nSPS) is 15.7. The van der Waals surface area contributed by atoms with E-state index in [1.165, 1.54) is 0 Å². The zero-order chi connectivity index (χ0) is 16.7. The lowest BCUT2D eigenvalue weighted by Gasteiger charge is -2.36. The van der Waals surface area contributed by atoms with Crippen molar-refractivity contribution in [3.63, 3.8) is 0 Å². The van der Waals surface area contributed by atoms with Crippen LogP contribution in [-0.4, -0.2) is 56.7 Å². The van der Waals surface area contributed by atoms with Crippen LogP contribution in [0.25, 0.3) is 0 Å². The van der Waals surface area contributed by atoms with E-state index in [1.54, 1.807) is 7.11 Å². The first kappa shape index (κ1) is 17.6. The Hall–Kier alpha value is -1.75. The Kier molecular flexibility index (Phi) is 6.71. The lowest BCUT2D eigenvalue weighted by atomic mass is 10.2. The fourth-order valence-electron chi connectivity index (χ4n) is 3.01. The zero-order valence-corrected chi connectivity index (χ0v) is 14.5. The van der Waals surface area contributed by atoms with Gasteiger partial charge in [-0.05, 0) is 25.0 Å². The average molecular weight is 319 g/mol. The molecule has 1 aromatic carbocycles. The third-order valence-corrected chi connectivity index (χ3v) is 4.52. The van der Waals surface area contributed by atoms with Crippen LogP contribution in [0.2, 0.25) is 0 Å². The van der Waals surface area contributed by atoms with Crippen molar-refractivity contribution in [1.82, 2.24) is 10.2 Å². The standard InChI is InChI=1S/C18H29N3O2/c1-4-15(5-2)19-18(22)14-20-10-12-21(13-11-20)16-8-6-7-9-17(16)23-3/h6-9,15H,4-5,10-14H2,1-3H3,(H,19,22). The van der Waals surface area contributed by atoms with E-state index in [9.17, 15) is 4.79 Å². The van der Waals surface area contributed by atoms with Gasteiger partial charge in [0.05, 0.1) is 19.3 Å². The monoisotopic (exact) mass is 319 g/mol. The largest absolute Gasteiger partial charge is 0.495 e. The van der Waals surface area contributed by atoms with Gasteiger partial charge in [-0.25, -0.2) is 0 Å². The first-order valence-corrected chi connectivity index (χ1v) is 8.57. The van der Waals surface area contributed by atoms with Crippen LogP contribution in [0.15, 0.2) is 24.3 Å². The molecular weight excluding hydrogens is 290 g/mol. The van der Waals surface area contributed by atoms with Gasteiger partial charge in [0.2, 0.25) is 5.91 Å². The van der Waals surface area contributed by atoms with Gasteiger partial charge in [0.25, 0.3) is 0 Å². The minimum absolute atomic E-state index is 0.143. The molecule has 1 fully saturated rings. The minimum Gasteiger partial charge on any atom is -0.495 e. The molecule has 5 nitrogen and oxygen atoms in total. The van der Waals surface area contributed by atoms with E-state index in [-0.39, 0.29) is 5.91 Å². The Morgan fingerprint density at radius 2 is 1.83 bits per heavy atom. The van der Waals surface area contributed by atoms with Crippen molar-refractivity contribution < 1.29 is 9.53 Å². The van der Waals surface area contributed by atoms with Crippen LogP contribution in [0, 0.1) is 0 Å². The predicted molar refractivity (Wildman–Crippen MR) is 94.2 cm³/mol. The van der Waals surface area contributed by atoms with Gasteiger partial charge in [-0.3, -0.25) is 9.69 Å². The van der Waals surface area contributed by atoms with Gasteiger partial charge in [0, 0.05) is 32.2 Å². The van der Waals surface area contributed by atoms with Crippen LogP contribution < -0.4 is 15.0 Å². The van der Waals surface area contributed by atoms with Crippen LogP contribution in [0.3, 0.4) is 0 Å². The fraction of sp³-hybridized carbons (Fsp3) is 0.611. The number of benzene rings is 1. The number of ether oxygens (including phenoxy) is 1. The van der Waals surface area contributed by atoms with E-state index in [4.69, 9.17) is 4.74 Å². The van der Waals surface area contributed by atoms with Crippen LogP contribution >= 0.6 is 0 Å². The molecule has 1 N–H and O–H groups in total. The fourth-order valence-corrected chi connectivity index (χ4v) is 3.01. The molecule has 5 heteroatoms.